The fourth-order valence-corrected chi connectivity index (χ4v) is 0.0833. The molecule has 0 aromatic rings. The Bertz CT molecular complexity index is 138. The Morgan fingerprint density at radius 3 is 2.17 bits per heavy atom. The second kappa shape index (κ2) is 4.34. The standard InChI is InChI=1S/C4H10N2/c1-5-3-4-6-2/h3-6H,1-2H3/i1D3,2D3. The Morgan fingerprint density at radius 2 is 1.83 bits per heavy atom. The maximum Gasteiger partial charge on any atom is 0.0453 e. The van der Waals surface area contributed by atoms with Crippen molar-refractivity contribution in [2.24, 2.45) is 0 Å². The summed E-state index contributed by atoms with van der Waals surface area (Å²) in [5.41, 5.74) is 0. The molecule has 0 atom stereocenters. The largest absolute Gasteiger partial charge is 0.393 e. The lowest BCUT2D eigenvalue weighted by Gasteiger charge is -1.82. The Labute approximate surface area is 46.7 Å². The van der Waals surface area contributed by atoms with E-state index in [2.05, 4.69) is 0 Å². The molecule has 0 bridgehead atoms. The summed E-state index contributed by atoms with van der Waals surface area (Å²) >= 11 is 0. The molecule has 0 aliphatic carbocycles. The van der Waals surface area contributed by atoms with E-state index in [1.54, 1.807) is 0 Å². The molecule has 0 spiro atoms. The summed E-state index contributed by atoms with van der Waals surface area (Å²) in [5, 5.41) is 4.00. The molecule has 6 heavy (non-hydrogen) atoms. The van der Waals surface area contributed by atoms with Crippen LogP contribution in [0.3, 0.4) is 0 Å². The molecule has 0 radical (unpaired) electrons. The number of hydrogen-bond donors (Lipinski definition) is 2. The van der Waals surface area contributed by atoms with E-state index in [4.69, 9.17) is 8.22 Å². The average molecular weight is 92.2 g/mol. The third-order valence-electron chi connectivity index (χ3n) is 0.250. The molecule has 0 amide bonds. The molecule has 2 heteroatoms. The monoisotopic (exact) mass is 92.1 g/mol. The minimum Gasteiger partial charge on any atom is -0.393 e. The van der Waals surface area contributed by atoms with E-state index in [0.717, 1.165) is 12.4 Å². The van der Waals surface area contributed by atoms with Gasteiger partial charge in [-0.2, -0.15) is 0 Å². The van der Waals surface area contributed by atoms with Crippen LogP contribution in [0.25, 0.3) is 0 Å². The van der Waals surface area contributed by atoms with Crippen LogP contribution >= 0.6 is 0 Å². The highest BCUT2D eigenvalue weighted by molar-refractivity contribution is 4.71. The lowest BCUT2D eigenvalue weighted by Crippen LogP contribution is -1.98. The van der Waals surface area contributed by atoms with Gasteiger partial charge in [-0.05, 0) is 0 Å². The van der Waals surface area contributed by atoms with Crippen LogP contribution in [-0.2, 0) is 0 Å². The predicted molar refractivity (Wildman–Crippen MR) is 27.3 cm³/mol. The van der Waals surface area contributed by atoms with Gasteiger partial charge in [-0.1, -0.05) is 0 Å². The summed E-state index contributed by atoms with van der Waals surface area (Å²) in [6.07, 6.45) is 2.05. The third kappa shape index (κ3) is 3.34. The Balaban J connectivity index is 3.66. The van der Waals surface area contributed by atoms with Crippen LogP contribution in [0.4, 0.5) is 0 Å². The van der Waals surface area contributed by atoms with E-state index < -0.39 is 14.0 Å². The van der Waals surface area contributed by atoms with Gasteiger partial charge in [-0.3, -0.25) is 0 Å². The molecular formula is C4H10N2. The van der Waals surface area contributed by atoms with Gasteiger partial charge in [0.05, 0.1) is 0 Å². The molecule has 36 valence electrons. The fraction of sp³-hybridized carbons (Fsp3) is 0.500. The van der Waals surface area contributed by atoms with E-state index >= 15 is 0 Å². The van der Waals surface area contributed by atoms with Gasteiger partial charge in [-0.25, -0.2) is 0 Å². The van der Waals surface area contributed by atoms with Crippen molar-refractivity contribution < 1.29 is 8.22 Å². The van der Waals surface area contributed by atoms with Crippen LogP contribution in [0.5, 0.6) is 0 Å². The van der Waals surface area contributed by atoms with Crippen molar-refractivity contribution in [1.29, 1.82) is 0 Å². The molecule has 0 fully saturated rings. The highest BCUT2D eigenvalue weighted by Crippen LogP contribution is 1.49. The summed E-state index contributed by atoms with van der Waals surface area (Å²) in [5.74, 6) is 0. The molecule has 0 unspecified atom stereocenters. The summed E-state index contributed by atoms with van der Waals surface area (Å²) < 4.78 is 40.0. The van der Waals surface area contributed by atoms with Gasteiger partial charge in [0.2, 0.25) is 0 Å². The van der Waals surface area contributed by atoms with Crippen LogP contribution in [0.2, 0.25) is 0 Å². The van der Waals surface area contributed by atoms with Gasteiger partial charge in [0.1, 0.15) is 0 Å². The average Bonchev–Trinajstić information content (AvgIpc) is 1.76. The van der Waals surface area contributed by atoms with Crippen molar-refractivity contribution >= 4 is 0 Å². The predicted octanol–water partition coefficient (Wildman–Crippen LogP) is -0.104. The Morgan fingerprint density at radius 1 is 1.33 bits per heavy atom. The zero-order valence-corrected chi connectivity index (χ0v) is 3.15. The van der Waals surface area contributed by atoms with Crippen LogP contribution in [0.15, 0.2) is 12.4 Å². The van der Waals surface area contributed by atoms with Crippen molar-refractivity contribution in [3.63, 3.8) is 0 Å². The van der Waals surface area contributed by atoms with Gasteiger partial charge < -0.3 is 10.6 Å². The van der Waals surface area contributed by atoms with E-state index in [0.29, 0.717) is 0 Å². The second-order valence-corrected chi connectivity index (χ2v) is 0.622. The molecule has 0 aromatic heterocycles. The topological polar surface area (TPSA) is 24.1 Å². The Hall–Kier alpha value is -0.660. The van der Waals surface area contributed by atoms with E-state index in [1.165, 1.54) is 0 Å². The van der Waals surface area contributed by atoms with Crippen molar-refractivity contribution in [1.82, 2.24) is 10.6 Å². The van der Waals surface area contributed by atoms with E-state index in [9.17, 15) is 0 Å². The summed E-state index contributed by atoms with van der Waals surface area (Å²) in [7, 11) is 0. The molecule has 0 aromatic carbocycles. The van der Waals surface area contributed by atoms with Crippen molar-refractivity contribution in [3.05, 3.63) is 12.4 Å². The molecule has 0 saturated carbocycles. The zero-order valence-electron chi connectivity index (χ0n) is 9.15. The molecular weight excluding hydrogens is 76.1 g/mol. The van der Waals surface area contributed by atoms with E-state index in [1.807, 2.05) is 10.6 Å². The van der Waals surface area contributed by atoms with Crippen LogP contribution in [-0.4, -0.2) is 14.0 Å². The van der Waals surface area contributed by atoms with E-state index in [-0.39, 0.29) is 0 Å². The summed E-state index contributed by atoms with van der Waals surface area (Å²) in [6.45, 7) is -4.57. The quantitative estimate of drug-likeness (QED) is 0.497. The molecule has 0 aliphatic heterocycles. The number of rotatable bonds is 2. The molecule has 2 nitrogen and oxygen atoms in total. The van der Waals surface area contributed by atoms with Gasteiger partial charge in [-0.15, -0.1) is 0 Å². The lowest BCUT2D eigenvalue weighted by atomic mass is 10.9. The first-order valence-corrected chi connectivity index (χ1v) is 1.41. The van der Waals surface area contributed by atoms with Crippen LogP contribution in [0.1, 0.15) is 8.22 Å². The smallest absolute Gasteiger partial charge is 0.0453 e. The summed E-state index contributed by atoms with van der Waals surface area (Å²) in [6, 6.07) is 0. The van der Waals surface area contributed by atoms with Gasteiger partial charge in [0.15, 0.2) is 0 Å². The Kier molecular flexibility index (Phi) is 0.680. The van der Waals surface area contributed by atoms with Gasteiger partial charge in [0.25, 0.3) is 0 Å². The molecule has 2 N–H and O–H groups in total. The first kappa shape index (κ1) is 0.941. The fourth-order valence-electron chi connectivity index (χ4n) is 0.0833. The lowest BCUT2D eigenvalue weighted by molar-refractivity contribution is 1.03. The van der Waals surface area contributed by atoms with Crippen LogP contribution < -0.4 is 10.6 Å². The van der Waals surface area contributed by atoms with Gasteiger partial charge >= 0.3 is 0 Å². The third-order valence-corrected chi connectivity index (χ3v) is 0.250. The first-order valence-electron chi connectivity index (χ1n) is 4.41. The number of nitrogens with one attached hydrogen (secondary N) is 2. The molecule has 0 rings (SSSR count). The maximum absolute atomic E-state index is 6.67. The van der Waals surface area contributed by atoms with Gasteiger partial charge in [0, 0.05) is 34.6 Å². The molecule has 0 heterocycles. The van der Waals surface area contributed by atoms with Crippen molar-refractivity contribution in [3.8, 4) is 0 Å². The highest BCUT2D eigenvalue weighted by Gasteiger charge is 1.52. The minimum atomic E-state index is -2.28. The van der Waals surface area contributed by atoms with Crippen molar-refractivity contribution in [2.75, 3.05) is 14.0 Å². The first-order chi connectivity index (χ1) is 5.21. The minimum absolute atomic E-state index is 1.03. The zero-order chi connectivity index (χ0) is 9.83. The van der Waals surface area contributed by atoms with Crippen LogP contribution in [0, 0.1) is 0 Å². The second-order valence-electron chi connectivity index (χ2n) is 0.622. The molecule has 0 saturated heterocycles. The molecule has 0 aliphatic rings. The summed E-state index contributed by atoms with van der Waals surface area (Å²) in [4.78, 5) is 0. The highest BCUT2D eigenvalue weighted by atomic mass is 14.8. The maximum atomic E-state index is 6.67. The normalized spacial score (nSPS) is 28.0. The van der Waals surface area contributed by atoms with Crippen molar-refractivity contribution in [2.45, 2.75) is 0 Å². The SMILES string of the molecule is [2H]C([2H])([2H])NC=CNC([2H])([2H])[2H]. The number of hydrogen-bond acceptors (Lipinski definition) is 2.